The number of halogens is 1. The number of morpholine rings is 1. The van der Waals surface area contributed by atoms with Crippen LogP contribution < -0.4 is 0 Å². The number of ketones is 1. The first-order chi connectivity index (χ1) is 12.2. The molecule has 0 amide bonds. The lowest BCUT2D eigenvalue weighted by atomic mass is 10.00. The zero-order valence-corrected chi connectivity index (χ0v) is 15.0. The summed E-state index contributed by atoms with van der Waals surface area (Å²) in [6.07, 6.45) is 5.22. The minimum Gasteiger partial charge on any atom is -0.379 e. The lowest BCUT2D eigenvalue weighted by molar-refractivity contribution is 0.0165. The molecule has 1 unspecified atom stereocenters. The van der Waals surface area contributed by atoms with Gasteiger partial charge in [-0.1, -0.05) is 6.42 Å². The van der Waals surface area contributed by atoms with Gasteiger partial charge in [0.1, 0.15) is 5.82 Å². The van der Waals surface area contributed by atoms with E-state index in [1.165, 1.54) is 31.4 Å². The van der Waals surface area contributed by atoms with Gasteiger partial charge in [-0.15, -0.1) is 0 Å². The third-order valence-corrected chi connectivity index (χ3v) is 5.34. The highest BCUT2D eigenvalue weighted by atomic mass is 19.1. The molecule has 2 heterocycles. The molecule has 1 aromatic carbocycles. The van der Waals surface area contributed by atoms with Crippen molar-refractivity contribution in [2.75, 3.05) is 45.9 Å². The number of carbonyl (C=O) groups is 1. The van der Waals surface area contributed by atoms with Crippen molar-refractivity contribution in [1.82, 2.24) is 9.80 Å². The predicted octanol–water partition coefficient (Wildman–Crippen LogP) is 2.98. The van der Waals surface area contributed by atoms with Crippen LogP contribution in [0.25, 0.3) is 0 Å². The van der Waals surface area contributed by atoms with Crippen LogP contribution in [0.15, 0.2) is 24.3 Å². The first-order valence-electron chi connectivity index (χ1n) is 9.55. The van der Waals surface area contributed by atoms with Gasteiger partial charge in [0.05, 0.1) is 13.2 Å². The van der Waals surface area contributed by atoms with Gasteiger partial charge in [0.25, 0.3) is 0 Å². The molecule has 0 spiro atoms. The van der Waals surface area contributed by atoms with E-state index in [1.54, 1.807) is 12.1 Å². The first kappa shape index (κ1) is 18.5. The molecule has 138 valence electrons. The molecule has 2 fully saturated rings. The summed E-state index contributed by atoms with van der Waals surface area (Å²) < 4.78 is 18.4. The Morgan fingerprint density at radius 3 is 2.64 bits per heavy atom. The smallest absolute Gasteiger partial charge is 0.162 e. The molecule has 0 N–H and O–H groups in total. The number of likely N-dealkylation sites (tertiary alicyclic amines) is 1. The summed E-state index contributed by atoms with van der Waals surface area (Å²) in [5.41, 5.74) is 0.616. The molecule has 1 aromatic rings. The molecule has 0 bridgehead atoms. The number of nitrogens with zero attached hydrogens (tertiary/aromatic N) is 2. The highest BCUT2D eigenvalue weighted by molar-refractivity contribution is 5.95. The van der Waals surface area contributed by atoms with Crippen molar-refractivity contribution in [1.29, 1.82) is 0 Å². The fraction of sp³-hybridized carbons (Fsp3) is 0.650. The molecule has 5 heteroatoms. The summed E-state index contributed by atoms with van der Waals surface area (Å²) in [6.45, 7) is 7.00. The normalized spacial score (nSPS) is 22.8. The molecular formula is C20H29FN2O2. The fourth-order valence-corrected chi connectivity index (χ4v) is 3.87. The topological polar surface area (TPSA) is 32.8 Å². The van der Waals surface area contributed by atoms with E-state index < -0.39 is 0 Å². The Kier molecular flexibility index (Phi) is 6.96. The van der Waals surface area contributed by atoms with Crippen LogP contribution in [0, 0.1) is 5.82 Å². The maximum atomic E-state index is 13.0. The number of piperidine rings is 1. The predicted molar refractivity (Wildman–Crippen MR) is 96.4 cm³/mol. The standard InChI is InChI=1S/C20H29FN2O2/c21-18-8-6-17(7-9-18)20(24)5-3-11-23-10-2-1-4-19(23)16-22-12-14-25-15-13-22/h6-9,19H,1-5,10-16H2. The maximum absolute atomic E-state index is 13.0. The second-order valence-corrected chi connectivity index (χ2v) is 7.13. The average Bonchev–Trinajstić information content (AvgIpc) is 2.64. The molecule has 0 saturated carbocycles. The van der Waals surface area contributed by atoms with Gasteiger partial charge < -0.3 is 4.74 Å². The van der Waals surface area contributed by atoms with Crippen molar-refractivity contribution in [2.45, 2.75) is 38.1 Å². The van der Waals surface area contributed by atoms with Gasteiger partial charge in [-0.2, -0.15) is 0 Å². The fourth-order valence-electron chi connectivity index (χ4n) is 3.87. The molecule has 0 aromatic heterocycles. The van der Waals surface area contributed by atoms with E-state index in [1.807, 2.05) is 0 Å². The van der Waals surface area contributed by atoms with Crippen molar-refractivity contribution >= 4 is 5.78 Å². The van der Waals surface area contributed by atoms with Crippen molar-refractivity contribution in [3.63, 3.8) is 0 Å². The van der Waals surface area contributed by atoms with E-state index in [4.69, 9.17) is 4.74 Å². The van der Waals surface area contributed by atoms with Gasteiger partial charge in [0, 0.05) is 37.7 Å². The number of rotatable bonds is 7. The summed E-state index contributed by atoms with van der Waals surface area (Å²) in [4.78, 5) is 17.3. The second kappa shape index (κ2) is 9.41. The third-order valence-electron chi connectivity index (χ3n) is 5.34. The summed E-state index contributed by atoms with van der Waals surface area (Å²) in [5.74, 6) is -0.183. The third kappa shape index (κ3) is 5.59. The van der Waals surface area contributed by atoms with Crippen LogP contribution in [-0.4, -0.2) is 67.6 Å². The summed E-state index contributed by atoms with van der Waals surface area (Å²) in [6, 6.07) is 6.49. The Hall–Kier alpha value is -1.30. The number of hydrogen-bond donors (Lipinski definition) is 0. The monoisotopic (exact) mass is 348 g/mol. The summed E-state index contributed by atoms with van der Waals surface area (Å²) in [7, 11) is 0. The van der Waals surface area contributed by atoms with Gasteiger partial charge in [-0.25, -0.2) is 4.39 Å². The van der Waals surface area contributed by atoms with Crippen molar-refractivity contribution in [2.24, 2.45) is 0 Å². The van der Waals surface area contributed by atoms with E-state index in [2.05, 4.69) is 9.80 Å². The lowest BCUT2D eigenvalue weighted by Gasteiger charge is -2.39. The van der Waals surface area contributed by atoms with Gasteiger partial charge >= 0.3 is 0 Å². The number of ether oxygens (including phenoxy) is 1. The Labute approximate surface area is 149 Å². The van der Waals surface area contributed by atoms with Crippen LogP contribution in [0.5, 0.6) is 0 Å². The number of hydrogen-bond acceptors (Lipinski definition) is 4. The van der Waals surface area contributed by atoms with E-state index in [0.29, 0.717) is 18.0 Å². The molecule has 25 heavy (non-hydrogen) atoms. The number of benzene rings is 1. The Morgan fingerprint density at radius 2 is 1.88 bits per heavy atom. The lowest BCUT2D eigenvalue weighted by Crippen LogP contribution is -2.49. The Bertz CT molecular complexity index is 543. The Balaban J connectivity index is 1.44. The molecule has 2 aliphatic rings. The molecular weight excluding hydrogens is 319 g/mol. The van der Waals surface area contributed by atoms with Crippen LogP contribution in [-0.2, 0) is 4.74 Å². The van der Waals surface area contributed by atoms with Crippen molar-refractivity contribution in [3.8, 4) is 0 Å². The maximum Gasteiger partial charge on any atom is 0.162 e. The van der Waals surface area contributed by atoms with E-state index in [-0.39, 0.29) is 11.6 Å². The van der Waals surface area contributed by atoms with Gasteiger partial charge in [0.15, 0.2) is 5.78 Å². The quantitative estimate of drug-likeness (QED) is 0.709. The average molecular weight is 348 g/mol. The zero-order chi connectivity index (χ0) is 17.5. The highest BCUT2D eigenvalue weighted by Gasteiger charge is 2.25. The van der Waals surface area contributed by atoms with Gasteiger partial charge in [0.2, 0.25) is 0 Å². The Morgan fingerprint density at radius 1 is 1.12 bits per heavy atom. The largest absolute Gasteiger partial charge is 0.379 e. The van der Waals surface area contributed by atoms with Crippen LogP contribution in [0.4, 0.5) is 4.39 Å². The molecule has 3 rings (SSSR count). The molecule has 4 nitrogen and oxygen atoms in total. The minimum absolute atomic E-state index is 0.113. The van der Waals surface area contributed by atoms with Crippen LogP contribution in [0.1, 0.15) is 42.5 Å². The van der Waals surface area contributed by atoms with E-state index in [0.717, 1.165) is 52.4 Å². The number of carbonyl (C=O) groups excluding carboxylic acids is 1. The van der Waals surface area contributed by atoms with Crippen LogP contribution in [0.3, 0.4) is 0 Å². The summed E-state index contributed by atoms with van der Waals surface area (Å²) in [5, 5.41) is 0. The van der Waals surface area contributed by atoms with E-state index in [9.17, 15) is 9.18 Å². The first-order valence-corrected chi connectivity index (χ1v) is 9.55. The molecule has 2 saturated heterocycles. The SMILES string of the molecule is O=C(CCCN1CCCCC1CN1CCOCC1)c1ccc(F)cc1. The number of Topliss-reactive ketones (excluding diaryl/α,β-unsaturated/α-hetero) is 1. The molecule has 1 atom stereocenters. The van der Waals surface area contributed by atoms with Crippen molar-refractivity contribution < 1.29 is 13.9 Å². The highest BCUT2D eigenvalue weighted by Crippen LogP contribution is 2.19. The molecule has 2 aliphatic heterocycles. The van der Waals surface area contributed by atoms with Crippen molar-refractivity contribution in [3.05, 3.63) is 35.6 Å². The molecule has 0 radical (unpaired) electrons. The van der Waals surface area contributed by atoms with E-state index >= 15 is 0 Å². The van der Waals surface area contributed by atoms with Gasteiger partial charge in [-0.3, -0.25) is 14.6 Å². The molecule has 0 aliphatic carbocycles. The zero-order valence-electron chi connectivity index (χ0n) is 15.0. The van der Waals surface area contributed by atoms with Gasteiger partial charge in [-0.05, 0) is 56.6 Å². The van der Waals surface area contributed by atoms with Crippen LogP contribution >= 0.6 is 0 Å². The second-order valence-electron chi connectivity index (χ2n) is 7.13. The summed E-state index contributed by atoms with van der Waals surface area (Å²) >= 11 is 0. The minimum atomic E-state index is -0.296. The van der Waals surface area contributed by atoms with Crippen LogP contribution in [0.2, 0.25) is 0 Å².